The number of quaternary nitrogens is 1. The Morgan fingerprint density at radius 1 is 0.678 bits per heavy atom. The molecule has 59 heavy (non-hydrogen) atoms. The van der Waals surface area contributed by atoms with Crippen molar-refractivity contribution in [2.45, 2.75) is 231 Å². The van der Waals surface area contributed by atoms with Gasteiger partial charge in [0.05, 0.1) is 39.9 Å². The number of hydrogen-bond acceptors (Lipinski definition) is 11. The van der Waals surface area contributed by atoms with E-state index in [1.165, 1.54) is 82.1 Å². The number of rotatable bonds is 40. The fraction of sp³-hybridized carbons (Fsp3) is 0.957. The summed E-state index contributed by atoms with van der Waals surface area (Å²) in [6.07, 6.45) is 29.4. The quantitative estimate of drug-likeness (QED) is 0.0272. The first-order valence-electron chi connectivity index (χ1n) is 23.9. The van der Waals surface area contributed by atoms with Crippen molar-refractivity contribution in [1.82, 2.24) is 5.06 Å². The van der Waals surface area contributed by atoms with Gasteiger partial charge in [0.25, 0.3) is 7.82 Å². The number of nitrogens with zero attached hydrogens (tertiary/aromatic N) is 2. The lowest BCUT2D eigenvalue weighted by molar-refractivity contribution is -0.870. The Bertz CT molecular complexity index is 1120. The first kappa shape index (κ1) is 55.9. The molecule has 0 spiro atoms. The van der Waals surface area contributed by atoms with Crippen LogP contribution in [0.5, 0.6) is 0 Å². The summed E-state index contributed by atoms with van der Waals surface area (Å²) in [5.74, 6) is -0.872. The third-order valence-electron chi connectivity index (χ3n) is 11.4. The average Bonchev–Trinajstić information content (AvgIpc) is 3.40. The second-order valence-electron chi connectivity index (χ2n) is 18.9. The lowest BCUT2D eigenvalue weighted by Gasteiger charge is -2.37. The van der Waals surface area contributed by atoms with E-state index in [-0.39, 0.29) is 31.6 Å². The standard InChI is InChI=1S/C46H91N2O10P/c1-8-10-12-14-15-16-17-18-19-20-23-26-29-33-43(49)54-39-42(40-57-59(52,53)56-38-37-48(5,6)7)58-44(50)34-30-27-24-21-22-25-28-32-36-46(35-31-13-11-9-2)47(51)45(3,4)41-55-46/h42,51H,8-41H2,1-7H3. The Balaban J connectivity index is 2.38. The number of hydrogen-bond donors (Lipinski definition) is 1. The monoisotopic (exact) mass is 863 g/mol. The maximum absolute atomic E-state index is 12.8. The first-order valence-corrected chi connectivity index (χ1v) is 25.4. The summed E-state index contributed by atoms with van der Waals surface area (Å²) in [6.45, 7) is 8.72. The van der Waals surface area contributed by atoms with Gasteiger partial charge in [-0.15, -0.1) is 0 Å². The number of likely N-dealkylation sites (N-methyl/N-ethyl adjacent to an activating group) is 1. The summed E-state index contributed by atoms with van der Waals surface area (Å²) in [6, 6.07) is 0. The molecule has 3 unspecified atom stereocenters. The van der Waals surface area contributed by atoms with Crippen LogP contribution in [0.25, 0.3) is 0 Å². The van der Waals surface area contributed by atoms with Gasteiger partial charge in [0.15, 0.2) is 6.10 Å². The Morgan fingerprint density at radius 3 is 1.54 bits per heavy atom. The number of hydroxylamine groups is 2. The molecule has 1 heterocycles. The van der Waals surface area contributed by atoms with E-state index in [0.717, 1.165) is 89.9 Å². The molecule has 3 atom stereocenters. The minimum Gasteiger partial charge on any atom is -0.756 e. The molecule has 0 aromatic heterocycles. The number of unbranched alkanes of at least 4 members (excludes halogenated alkanes) is 22. The van der Waals surface area contributed by atoms with Crippen molar-refractivity contribution >= 4 is 19.8 Å². The minimum absolute atomic E-state index is 0.0430. The van der Waals surface area contributed by atoms with Crippen LogP contribution in [-0.4, -0.2) is 98.2 Å². The number of carbonyl (C=O) groups is 2. The van der Waals surface area contributed by atoms with Crippen LogP contribution in [0, 0.1) is 0 Å². The largest absolute Gasteiger partial charge is 0.756 e. The molecular weight excluding hydrogens is 771 g/mol. The predicted octanol–water partition coefficient (Wildman–Crippen LogP) is 11.2. The molecule has 1 aliphatic rings. The van der Waals surface area contributed by atoms with Crippen molar-refractivity contribution in [1.29, 1.82) is 0 Å². The number of ether oxygens (including phenoxy) is 3. The van der Waals surface area contributed by atoms with E-state index < -0.39 is 38.2 Å². The minimum atomic E-state index is -4.65. The topological polar surface area (TPSA) is 144 Å². The van der Waals surface area contributed by atoms with Gasteiger partial charge in [0.1, 0.15) is 25.5 Å². The molecule has 1 aliphatic heterocycles. The van der Waals surface area contributed by atoms with Crippen LogP contribution in [0.1, 0.15) is 214 Å². The molecule has 12 nitrogen and oxygen atoms in total. The summed E-state index contributed by atoms with van der Waals surface area (Å²) in [4.78, 5) is 37.7. The first-order chi connectivity index (χ1) is 28.1. The Morgan fingerprint density at radius 2 is 1.10 bits per heavy atom. The lowest BCUT2D eigenvalue weighted by Crippen LogP contribution is -2.50. The molecule has 1 N–H and O–H groups in total. The van der Waals surface area contributed by atoms with Crippen molar-refractivity contribution < 1.29 is 52.0 Å². The molecule has 13 heteroatoms. The van der Waals surface area contributed by atoms with Gasteiger partial charge in [0.2, 0.25) is 0 Å². The molecule has 0 bridgehead atoms. The fourth-order valence-corrected chi connectivity index (χ4v) is 8.30. The van der Waals surface area contributed by atoms with E-state index in [0.29, 0.717) is 24.1 Å². The van der Waals surface area contributed by atoms with Gasteiger partial charge >= 0.3 is 11.9 Å². The van der Waals surface area contributed by atoms with E-state index in [2.05, 4.69) is 13.8 Å². The number of phosphoric acid groups is 1. The summed E-state index contributed by atoms with van der Waals surface area (Å²) >= 11 is 0. The summed E-state index contributed by atoms with van der Waals surface area (Å²) in [7, 11) is 1.12. The summed E-state index contributed by atoms with van der Waals surface area (Å²) < 4.78 is 40.3. The normalized spacial score (nSPS) is 18.5. The number of carbonyl (C=O) groups excluding carboxylic acids is 2. The highest BCUT2D eigenvalue weighted by molar-refractivity contribution is 7.45. The van der Waals surface area contributed by atoms with E-state index in [1.807, 2.05) is 35.0 Å². The van der Waals surface area contributed by atoms with Crippen LogP contribution < -0.4 is 4.89 Å². The van der Waals surface area contributed by atoms with Crippen LogP contribution in [0.2, 0.25) is 0 Å². The highest BCUT2D eigenvalue weighted by atomic mass is 31.2. The third-order valence-corrected chi connectivity index (χ3v) is 12.4. The third kappa shape index (κ3) is 29.0. The van der Waals surface area contributed by atoms with Gasteiger partial charge in [-0.25, -0.2) is 0 Å². The van der Waals surface area contributed by atoms with Crippen LogP contribution >= 0.6 is 7.82 Å². The van der Waals surface area contributed by atoms with Gasteiger partial charge in [-0.1, -0.05) is 149 Å². The maximum atomic E-state index is 12.8. The maximum Gasteiger partial charge on any atom is 0.306 e. The van der Waals surface area contributed by atoms with Crippen LogP contribution in [0.3, 0.4) is 0 Å². The Kier molecular flexibility index (Phi) is 30.8. The molecule has 1 rings (SSSR count). The summed E-state index contributed by atoms with van der Waals surface area (Å²) in [5, 5.41) is 12.5. The molecule has 0 radical (unpaired) electrons. The van der Waals surface area contributed by atoms with Gasteiger partial charge in [0, 0.05) is 12.8 Å². The van der Waals surface area contributed by atoms with Gasteiger partial charge in [-0.2, -0.15) is 5.06 Å². The summed E-state index contributed by atoms with van der Waals surface area (Å²) in [5.41, 5.74) is -0.941. The second kappa shape index (κ2) is 32.5. The van der Waals surface area contributed by atoms with E-state index in [9.17, 15) is 24.3 Å². The van der Waals surface area contributed by atoms with Crippen LogP contribution in [0.15, 0.2) is 0 Å². The molecule has 350 valence electrons. The number of esters is 2. The zero-order valence-corrected chi connectivity index (χ0v) is 40.0. The van der Waals surface area contributed by atoms with E-state index >= 15 is 0 Å². The molecule has 1 saturated heterocycles. The molecule has 0 amide bonds. The lowest BCUT2D eigenvalue weighted by atomic mass is 9.95. The van der Waals surface area contributed by atoms with Crippen molar-refractivity contribution in [3.05, 3.63) is 0 Å². The predicted molar refractivity (Wildman–Crippen MR) is 235 cm³/mol. The number of phosphoric ester groups is 1. The zero-order valence-electron chi connectivity index (χ0n) is 39.1. The van der Waals surface area contributed by atoms with Crippen molar-refractivity contribution in [2.24, 2.45) is 0 Å². The van der Waals surface area contributed by atoms with Crippen molar-refractivity contribution in [3.8, 4) is 0 Å². The van der Waals surface area contributed by atoms with Crippen LogP contribution in [0.4, 0.5) is 0 Å². The van der Waals surface area contributed by atoms with Crippen molar-refractivity contribution in [3.63, 3.8) is 0 Å². The SMILES string of the molecule is CCCCCCCCCCCCCCCC(=O)OCC(COP(=O)([O-])OCC[N+](C)(C)C)OC(=O)CCCCCCCCCCC1(CCCCCC)OCC(C)(C)N1O. The molecule has 0 aliphatic carbocycles. The molecule has 0 aromatic rings. The Labute approximate surface area is 361 Å². The van der Waals surface area contributed by atoms with E-state index in [1.54, 1.807) is 0 Å². The smallest absolute Gasteiger partial charge is 0.306 e. The average molecular weight is 863 g/mol. The Hall–Kier alpha value is -1.11. The molecular formula is C46H91N2O10P. The van der Waals surface area contributed by atoms with E-state index in [4.69, 9.17) is 23.3 Å². The van der Waals surface area contributed by atoms with Gasteiger partial charge in [-0.3, -0.25) is 14.2 Å². The second-order valence-corrected chi connectivity index (χ2v) is 20.3. The van der Waals surface area contributed by atoms with Gasteiger partial charge < -0.3 is 37.8 Å². The van der Waals surface area contributed by atoms with Gasteiger partial charge in [-0.05, 0) is 52.4 Å². The molecule has 0 saturated carbocycles. The fourth-order valence-electron chi connectivity index (χ4n) is 7.57. The highest BCUT2D eigenvalue weighted by Crippen LogP contribution is 2.41. The van der Waals surface area contributed by atoms with Crippen molar-refractivity contribution in [2.75, 3.05) is 54.1 Å². The zero-order chi connectivity index (χ0) is 43.9. The highest BCUT2D eigenvalue weighted by Gasteiger charge is 2.50. The molecule has 0 aromatic carbocycles. The molecule has 1 fully saturated rings. The van der Waals surface area contributed by atoms with Crippen LogP contribution in [-0.2, 0) is 37.4 Å².